The minimum atomic E-state index is -0.275. The zero-order valence-electron chi connectivity index (χ0n) is 12.6. The molecule has 1 amide bonds. The molecule has 0 radical (unpaired) electrons. The summed E-state index contributed by atoms with van der Waals surface area (Å²) in [6.45, 7) is 2.02. The Balaban J connectivity index is 0.00000192. The Kier molecular flexibility index (Phi) is 6.07. The van der Waals surface area contributed by atoms with Crippen molar-refractivity contribution in [2.45, 2.75) is 12.5 Å². The molecular formula is C17H19ClFN3O. The molecule has 0 spiro atoms. The fourth-order valence-electron chi connectivity index (χ4n) is 2.79. The summed E-state index contributed by atoms with van der Waals surface area (Å²) < 4.78 is 13.5. The maximum absolute atomic E-state index is 13.5. The van der Waals surface area contributed by atoms with Crippen LogP contribution in [0.4, 0.5) is 4.39 Å². The van der Waals surface area contributed by atoms with Gasteiger partial charge in [-0.25, -0.2) is 4.39 Å². The van der Waals surface area contributed by atoms with E-state index in [-0.39, 0.29) is 30.2 Å². The maximum atomic E-state index is 13.5. The number of piperazine rings is 1. The molecule has 1 aromatic heterocycles. The summed E-state index contributed by atoms with van der Waals surface area (Å²) in [7, 11) is 0. The van der Waals surface area contributed by atoms with Crippen LogP contribution in [-0.2, 0) is 11.2 Å². The Bertz CT molecular complexity index is 653. The Hall–Kier alpha value is -1.98. The SMILES string of the molecule is Cl.O=C(Cc1cccnc1)N1CCNCC1c1cccc(F)c1. The summed E-state index contributed by atoms with van der Waals surface area (Å²) in [4.78, 5) is 18.5. The van der Waals surface area contributed by atoms with Crippen LogP contribution < -0.4 is 5.32 Å². The predicted octanol–water partition coefficient (Wildman–Crippen LogP) is 2.36. The van der Waals surface area contributed by atoms with Crippen LogP contribution in [0, 0.1) is 5.82 Å². The molecule has 122 valence electrons. The van der Waals surface area contributed by atoms with E-state index >= 15 is 0 Å². The maximum Gasteiger partial charge on any atom is 0.227 e. The highest BCUT2D eigenvalue weighted by atomic mass is 35.5. The van der Waals surface area contributed by atoms with Crippen molar-refractivity contribution in [2.24, 2.45) is 0 Å². The molecule has 4 nitrogen and oxygen atoms in total. The fourth-order valence-corrected chi connectivity index (χ4v) is 2.79. The van der Waals surface area contributed by atoms with Crippen molar-refractivity contribution in [3.8, 4) is 0 Å². The van der Waals surface area contributed by atoms with Gasteiger partial charge < -0.3 is 10.2 Å². The number of aromatic nitrogens is 1. The van der Waals surface area contributed by atoms with Crippen LogP contribution in [0.2, 0.25) is 0 Å². The molecule has 23 heavy (non-hydrogen) atoms. The second-order valence-corrected chi connectivity index (χ2v) is 5.40. The van der Waals surface area contributed by atoms with E-state index in [1.54, 1.807) is 18.5 Å². The molecule has 1 atom stereocenters. The van der Waals surface area contributed by atoms with Gasteiger partial charge in [0.05, 0.1) is 12.5 Å². The molecule has 2 aromatic rings. The van der Waals surface area contributed by atoms with E-state index in [4.69, 9.17) is 0 Å². The summed E-state index contributed by atoms with van der Waals surface area (Å²) >= 11 is 0. The zero-order valence-corrected chi connectivity index (χ0v) is 13.4. The standard InChI is InChI=1S/C17H18FN3O.ClH/c18-15-5-1-4-14(10-15)16-12-20-7-8-21(16)17(22)9-13-3-2-6-19-11-13;/h1-6,10-11,16,20H,7-9,12H2;1H. The number of pyridine rings is 1. The first-order chi connectivity index (χ1) is 10.7. The average molecular weight is 336 g/mol. The van der Waals surface area contributed by atoms with E-state index < -0.39 is 0 Å². The smallest absolute Gasteiger partial charge is 0.227 e. The third-order valence-corrected chi connectivity index (χ3v) is 3.88. The molecule has 6 heteroatoms. The van der Waals surface area contributed by atoms with Crippen LogP contribution >= 0.6 is 12.4 Å². The molecule has 0 saturated carbocycles. The molecule has 2 heterocycles. The van der Waals surface area contributed by atoms with Crippen LogP contribution in [0.3, 0.4) is 0 Å². The highest BCUT2D eigenvalue weighted by Crippen LogP contribution is 2.23. The van der Waals surface area contributed by atoms with E-state index in [1.165, 1.54) is 12.1 Å². The fraction of sp³-hybridized carbons (Fsp3) is 0.294. The molecule has 1 aromatic carbocycles. The van der Waals surface area contributed by atoms with Crippen molar-refractivity contribution in [3.05, 3.63) is 65.7 Å². The lowest BCUT2D eigenvalue weighted by Crippen LogP contribution is -2.49. The van der Waals surface area contributed by atoms with E-state index in [0.717, 1.165) is 17.7 Å². The van der Waals surface area contributed by atoms with Crippen LogP contribution in [-0.4, -0.2) is 35.4 Å². The minimum Gasteiger partial charge on any atom is -0.333 e. The number of hydrogen-bond donors (Lipinski definition) is 1. The second-order valence-electron chi connectivity index (χ2n) is 5.40. The number of amides is 1. The lowest BCUT2D eigenvalue weighted by atomic mass is 10.0. The Morgan fingerprint density at radius 2 is 2.22 bits per heavy atom. The number of carbonyl (C=O) groups excluding carboxylic acids is 1. The molecule has 1 saturated heterocycles. The van der Waals surface area contributed by atoms with Gasteiger partial charge in [-0.15, -0.1) is 12.4 Å². The van der Waals surface area contributed by atoms with Crippen LogP contribution in [0.25, 0.3) is 0 Å². The Morgan fingerprint density at radius 1 is 1.35 bits per heavy atom. The van der Waals surface area contributed by atoms with Crippen LogP contribution in [0.15, 0.2) is 48.8 Å². The summed E-state index contributed by atoms with van der Waals surface area (Å²) in [5.41, 5.74) is 1.72. The lowest BCUT2D eigenvalue weighted by molar-refractivity contribution is -0.133. The second kappa shape index (κ2) is 8.04. The van der Waals surface area contributed by atoms with Gasteiger partial charge >= 0.3 is 0 Å². The third-order valence-electron chi connectivity index (χ3n) is 3.88. The number of nitrogens with zero attached hydrogens (tertiary/aromatic N) is 2. The van der Waals surface area contributed by atoms with Crippen molar-refractivity contribution in [1.82, 2.24) is 15.2 Å². The molecule has 1 aliphatic rings. The van der Waals surface area contributed by atoms with Crippen molar-refractivity contribution in [2.75, 3.05) is 19.6 Å². The molecule has 1 aliphatic heterocycles. The van der Waals surface area contributed by atoms with E-state index in [1.807, 2.05) is 23.1 Å². The number of halogens is 2. The van der Waals surface area contributed by atoms with Gasteiger partial charge in [-0.1, -0.05) is 18.2 Å². The van der Waals surface area contributed by atoms with Crippen molar-refractivity contribution < 1.29 is 9.18 Å². The number of nitrogens with one attached hydrogen (secondary N) is 1. The van der Waals surface area contributed by atoms with Gasteiger partial charge in [0.1, 0.15) is 5.82 Å². The number of rotatable bonds is 3. The van der Waals surface area contributed by atoms with Gasteiger partial charge in [-0.3, -0.25) is 9.78 Å². The first-order valence-electron chi connectivity index (χ1n) is 7.38. The van der Waals surface area contributed by atoms with Gasteiger partial charge in [0.2, 0.25) is 5.91 Å². The molecular weight excluding hydrogens is 317 g/mol. The van der Waals surface area contributed by atoms with Crippen molar-refractivity contribution in [3.63, 3.8) is 0 Å². The molecule has 1 N–H and O–H groups in total. The highest BCUT2D eigenvalue weighted by molar-refractivity contribution is 5.85. The highest BCUT2D eigenvalue weighted by Gasteiger charge is 2.27. The first kappa shape index (κ1) is 17.4. The molecule has 1 fully saturated rings. The number of carbonyl (C=O) groups is 1. The van der Waals surface area contributed by atoms with Crippen molar-refractivity contribution in [1.29, 1.82) is 0 Å². The summed E-state index contributed by atoms with van der Waals surface area (Å²) in [5.74, 6) is -0.230. The predicted molar refractivity (Wildman–Crippen MR) is 88.9 cm³/mol. The quantitative estimate of drug-likeness (QED) is 0.936. The average Bonchev–Trinajstić information content (AvgIpc) is 2.56. The largest absolute Gasteiger partial charge is 0.333 e. The first-order valence-corrected chi connectivity index (χ1v) is 7.38. The monoisotopic (exact) mass is 335 g/mol. The Morgan fingerprint density at radius 3 is 2.96 bits per heavy atom. The molecule has 3 rings (SSSR count). The Labute approximate surface area is 141 Å². The van der Waals surface area contributed by atoms with E-state index in [0.29, 0.717) is 19.5 Å². The van der Waals surface area contributed by atoms with Crippen molar-refractivity contribution >= 4 is 18.3 Å². The minimum absolute atomic E-state index is 0. The molecule has 1 unspecified atom stereocenters. The van der Waals surface area contributed by atoms with Gasteiger partial charge in [0, 0.05) is 32.0 Å². The van der Waals surface area contributed by atoms with Crippen LogP contribution in [0.1, 0.15) is 17.2 Å². The lowest BCUT2D eigenvalue weighted by Gasteiger charge is -2.36. The summed E-state index contributed by atoms with van der Waals surface area (Å²) in [6.07, 6.45) is 3.71. The summed E-state index contributed by atoms with van der Waals surface area (Å²) in [6, 6.07) is 10.1. The number of hydrogen-bond acceptors (Lipinski definition) is 3. The normalized spacial score (nSPS) is 17.4. The summed E-state index contributed by atoms with van der Waals surface area (Å²) in [5, 5.41) is 3.27. The van der Waals surface area contributed by atoms with Gasteiger partial charge in [-0.2, -0.15) is 0 Å². The molecule has 0 bridgehead atoms. The van der Waals surface area contributed by atoms with E-state index in [9.17, 15) is 9.18 Å². The molecule has 0 aliphatic carbocycles. The topological polar surface area (TPSA) is 45.2 Å². The van der Waals surface area contributed by atoms with Gasteiger partial charge in [0.25, 0.3) is 0 Å². The van der Waals surface area contributed by atoms with Crippen LogP contribution in [0.5, 0.6) is 0 Å². The third kappa shape index (κ3) is 4.27. The zero-order chi connectivity index (χ0) is 15.4. The van der Waals surface area contributed by atoms with E-state index in [2.05, 4.69) is 10.3 Å². The van der Waals surface area contributed by atoms with Gasteiger partial charge in [0.15, 0.2) is 0 Å². The van der Waals surface area contributed by atoms with Gasteiger partial charge in [-0.05, 0) is 29.3 Å². The number of benzene rings is 1.